The minimum absolute atomic E-state index is 0.0140. The van der Waals surface area contributed by atoms with E-state index < -0.39 is 17.7 Å². The number of phenolic OH excluding ortho intramolecular Hbond substituents is 1. The third-order valence-corrected chi connectivity index (χ3v) is 11.4. The molecule has 0 aromatic heterocycles. The molecule has 1 aliphatic carbocycles. The molecule has 10 nitrogen and oxygen atoms in total. The summed E-state index contributed by atoms with van der Waals surface area (Å²) in [4.78, 5) is 62.0. The maximum absolute atomic E-state index is 14.1. The largest absolute Gasteiger partial charge is 0.508 e. The summed E-state index contributed by atoms with van der Waals surface area (Å²) < 4.78 is 0. The maximum atomic E-state index is 14.1. The number of nitrogens with one attached hydrogen (secondary N) is 1. The molecule has 2 N–H and O–H groups in total. The smallest absolute Gasteiger partial charge is 0.312 e. The lowest BCUT2D eigenvalue weighted by Gasteiger charge is -2.46. The van der Waals surface area contributed by atoms with Crippen molar-refractivity contribution in [3.05, 3.63) is 65.7 Å². The fourth-order valence-electron chi connectivity index (χ4n) is 8.77. The maximum Gasteiger partial charge on any atom is 0.312 e. The molecular weight excluding hydrogens is 630 g/mol. The second kappa shape index (κ2) is 16.4. The Morgan fingerprint density at radius 1 is 0.760 bits per heavy atom. The van der Waals surface area contributed by atoms with Gasteiger partial charge < -0.3 is 25.1 Å². The third kappa shape index (κ3) is 8.68. The number of likely N-dealkylation sites (tertiary alicyclic amines) is 1. The lowest BCUT2D eigenvalue weighted by molar-refractivity contribution is -0.162. The van der Waals surface area contributed by atoms with Gasteiger partial charge in [-0.3, -0.25) is 24.1 Å². The van der Waals surface area contributed by atoms with Crippen LogP contribution in [0.15, 0.2) is 54.6 Å². The van der Waals surface area contributed by atoms with Crippen LogP contribution in [0.5, 0.6) is 5.75 Å². The molecule has 4 atom stereocenters. The second-order valence-electron chi connectivity index (χ2n) is 15.5. The molecule has 4 aliphatic rings. The van der Waals surface area contributed by atoms with Crippen molar-refractivity contribution in [2.45, 2.75) is 102 Å². The van der Waals surface area contributed by atoms with Crippen LogP contribution < -0.4 is 5.32 Å². The summed E-state index contributed by atoms with van der Waals surface area (Å²) in [5, 5.41) is 12.5. The number of hydrogen-bond donors (Lipinski definition) is 2. The summed E-state index contributed by atoms with van der Waals surface area (Å²) in [5.74, 6) is -0.805. The highest BCUT2D eigenvalue weighted by Crippen LogP contribution is 2.30. The van der Waals surface area contributed by atoms with E-state index in [2.05, 4.69) is 36.2 Å². The molecule has 3 saturated heterocycles. The average molecular weight is 686 g/mol. The Bertz CT molecular complexity index is 1480. The van der Waals surface area contributed by atoms with Crippen LogP contribution in [0.3, 0.4) is 0 Å². The van der Waals surface area contributed by atoms with Crippen LogP contribution in [-0.4, -0.2) is 112 Å². The predicted octanol–water partition coefficient (Wildman–Crippen LogP) is 4.00. The van der Waals surface area contributed by atoms with Crippen molar-refractivity contribution >= 4 is 23.6 Å². The summed E-state index contributed by atoms with van der Waals surface area (Å²) in [7, 11) is 0. The minimum Gasteiger partial charge on any atom is -0.508 e. The molecule has 1 saturated carbocycles. The summed E-state index contributed by atoms with van der Waals surface area (Å²) in [6.45, 7) is 7.80. The Balaban J connectivity index is 1.22. The summed E-state index contributed by atoms with van der Waals surface area (Å²) in [6, 6.07) is 16.8. The third-order valence-electron chi connectivity index (χ3n) is 11.4. The van der Waals surface area contributed by atoms with Crippen LogP contribution in [0.1, 0.15) is 76.3 Å². The minimum atomic E-state index is -0.579. The van der Waals surface area contributed by atoms with Gasteiger partial charge in [0.25, 0.3) is 0 Å². The molecule has 6 rings (SSSR count). The molecule has 10 heteroatoms. The van der Waals surface area contributed by atoms with Crippen LogP contribution in [0, 0.1) is 11.8 Å². The van der Waals surface area contributed by atoms with Gasteiger partial charge in [-0.05, 0) is 86.6 Å². The van der Waals surface area contributed by atoms with Gasteiger partial charge in [-0.15, -0.1) is 0 Å². The molecule has 0 bridgehead atoms. The molecule has 2 aromatic carbocycles. The monoisotopic (exact) mass is 685 g/mol. The number of benzene rings is 2. The van der Waals surface area contributed by atoms with E-state index in [9.17, 15) is 24.3 Å². The van der Waals surface area contributed by atoms with Crippen molar-refractivity contribution in [1.82, 2.24) is 24.9 Å². The summed E-state index contributed by atoms with van der Waals surface area (Å²) in [6.07, 6.45) is 9.79. The highest BCUT2D eigenvalue weighted by molar-refractivity contribution is 6.36. The van der Waals surface area contributed by atoms with Gasteiger partial charge in [0.05, 0.1) is 12.1 Å². The summed E-state index contributed by atoms with van der Waals surface area (Å²) >= 11 is 0. The van der Waals surface area contributed by atoms with Crippen LogP contribution in [0.4, 0.5) is 0 Å². The van der Waals surface area contributed by atoms with Gasteiger partial charge in [-0.2, -0.15) is 0 Å². The molecule has 0 radical (unpaired) electrons. The summed E-state index contributed by atoms with van der Waals surface area (Å²) in [5.41, 5.74) is 2.10. The number of nitrogens with zero attached hydrogens (tertiary/aromatic N) is 4. The Hall–Kier alpha value is -3.92. The van der Waals surface area contributed by atoms with Crippen molar-refractivity contribution < 1.29 is 24.3 Å². The van der Waals surface area contributed by atoms with Gasteiger partial charge in [0.2, 0.25) is 0 Å². The number of hydrogen-bond acceptors (Lipinski definition) is 6. The van der Waals surface area contributed by atoms with Gasteiger partial charge >= 0.3 is 23.6 Å². The quantitative estimate of drug-likeness (QED) is 0.309. The molecule has 0 unspecified atom stereocenters. The number of amides is 4. The topological polar surface area (TPSA) is 113 Å². The van der Waals surface area contributed by atoms with E-state index in [1.54, 1.807) is 17.0 Å². The number of rotatable bonds is 13. The highest BCUT2D eigenvalue weighted by atomic mass is 16.3. The predicted molar refractivity (Wildman–Crippen MR) is 192 cm³/mol. The van der Waals surface area contributed by atoms with Gasteiger partial charge in [0, 0.05) is 44.8 Å². The first-order valence-electron chi connectivity index (χ1n) is 18.9. The number of carbonyl (C=O) groups is 4. The van der Waals surface area contributed by atoms with Crippen LogP contribution in [0.25, 0.3) is 0 Å². The lowest BCUT2D eigenvalue weighted by atomic mass is 9.87. The van der Waals surface area contributed by atoms with E-state index in [0.717, 1.165) is 49.8 Å². The molecule has 3 heterocycles. The van der Waals surface area contributed by atoms with E-state index in [0.29, 0.717) is 57.4 Å². The van der Waals surface area contributed by atoms with Crippen molar-refractivity contribution in [2.75, 3.05) is 39.3 Å². The lowest BCUT2D eigenvalue weighted by Crippen LogP contribution is -2.65. The first kappa shape index (κ1) is 35.9. The Labute approximate surface area is 297 Å². The van der Waals surface area contributed by atoms with Gasteiger partial charge in [-0.1, -0.05) is 75.6 Å². The Morgan fingerprint density at radius 2 is 1.48 bits per heavy atom. The molecule has 3 aliphatic heterocycles. The molecule has 50 heavy (non-hydrogen) atoms. The molecule has 0 spiro atoms. The molecule has 270 valence electrons. The van der Waals surface area contributed by atoms with Gasteiger partial charge in [0.15, 0.2) is 0 Å². The molecular formula is C40H55N5O5. The van der Waals surface area contributed by atoms with Gasteiger partial charge in [-0.25, -0.2) is 0 Å². The van der Waals surface area contributed by atoms with Crippen LogP contribution in [0.2, 0.25) is 0 Å². The molecule has 4 fully saturated rings. The van der Waals surface area contributed by atoms with E-state index in [-0.39, 0.29) is 35.8 Å². The zero-order valence-corrected chi connectivity index (χ0v) is 29.8. The molecule has 2 aromatic rings. The second-order valence-corrected chi connectivity index (χ2v) is 15.5. The fraction of sp³-hybridized carbons (Fsp3) is 0.600. The van der Waals surface area contributed by atoms with Crippen LogP contribution in [-0.2, 0) is 32.0 Å². The Morgan fingerprint density at radius 3 is 2.20 bits per heavy atom. The zero-order chi connectivity index (χ0) is 35.2. The zero-order valence-electron chi connectivity index (χ0n) is 29.8. The first-order valence-corrected chi connectivity index (χ1v) is 18.9. The van der Waals surface area contributed by atoms with Crippen molar-refractivity contribution in [3.63, 3.8) is 0 Å². The van der Waals surface area contributed by atoms with Crippen molar-refractivity contribution in [3.8, 4) is 5.75 Å². The van der Waals surface area contributed by atoms with Crippen molar-refractivity contribution in [1.29, 1.82) is 0 Å². The highest BCUT2D eigenvalue weighted by Gasteiger charge is 2.44. The van der Waals surface area contributed by atoms with Crippen LogP contribution >= 0.6 is 0 Å². The van der Waals surface area contributed by atoms with E-state index in [1.165, 1.54) is 19.3 Å². The van der Waals surface area contributed by atoms with E-state index in [1.807, 2.05) is 40.1 Å². The number of carbonyl (C=O) groups excluding carboxylic acids is 4. The first-order chi connectivity index (χ1) is 24.2. The van der Waals surface area contributed by atoms with E-state index in [4.69, 9.17) is 0 Å². The number of piperazine rings is 2. The van der Waals surface area contributed by atoms with Gasteiger partial charge in [0.1, 0.15) is 5.75 Å². The fourth-order valence-corrected chi connectivity index (χ4v) is 8.77. The SMILES string of the molecule is CC(C)C[C@H]1CN([C@@H](Cc2ccccc2)CN2CCC[C@H]2CN2C(=O)C(=O)NC[C@@H]2Cc2ccc(O)cc2)C(=O)C(=O)N1CC1CCCCC1. The average Bonchev–Trinajstić information content (AvgIpc) is 3.55. The standard InChI is InChI=1S/C40H55N5O5/c1-28(2)20-34-27-45(40(50)39(49)43(34)24-31-12-7-4-8-13-31)35(22-29-10-5-3-6-11-29)25-42-19-9-14-32(42)26-44-33(23-41-37(47)38(44)48)21-30-15-17-36(46)18-16-30/h3,5-6,10-11,15-18,28,31-35,46H,4,7-9,12-14,19-27H2,1-2H3,(H,41,47)/t32-,33-,34-,35-/m0/s1. The molecule has 4 amide bonds. The number of phenols is 1. The van der Waals surface area contributed by atoms with Crippen molar-refractivity contribution in [2.24, 2.45) is 11.8 Å². The Kier molecular flexibility index (Phi) is 11.8. The normalized spacial score (nSPS) is 24.7. The van der Waals surface area contributed by atoms with E-state index >= 15 is 0 Å². The number of aromatic hydroxyl groups is 1.